The molecule has 0 atom stereocenters. The molecular weight excluding hydrogens is 443 g/mol. The van der Waals surface area contributed by atoms with Gasteiger partial charge in [0.25, 0.3) is 5.91 Å². The van der Waals surface area contributed by atoms with Gasteiger partial charge in [-0.2, -0.15) is 10.2 Å². The fourth-order valence-electron chi connectivity index (χ4n) is 2.57. The predicted octanol–water partition coefficient (Wildman–Crippen LogP) is 6.36. The van der Waals surface area contributed by atoms with E-state index in [2.05, 4.69) is 21.1 Å². The van der Waals surface area contributed by atoms with Crippen LogP contribution in [0, 0.1) is 0 Å². The number of allylic oxidation sites excluding steroid dienone is 2. The minimum Gasteiger partial charge on any atom is -0.278 e. The number of carbonyl (C=O) groups excluding carboxylic acids is 1. The van der Waals surface area contributed by atoms with Crippen LogP contribution >= 0.6 is 23.2 Å². The molecule has 0 aromatic heterocycles. The van der Waals surface area contributed by atoms with Gasteiger partial charge < -0.3 is 0 Å². The van der Waals surface area contributed by atoms with Gasteiger partial charge in [-0.15, -0.1) is 0 Å². The molecule has 0 aliphatic rings. The molecular formula is C25H20Cl2N4O. The van der Waals surface area contributed by atoms with Gasteiger partial charge in [-0.25, -0.2) is 5.43 Å². The summed E-state index contributed by atoms with van der Waals surface area (Å²) in [5.41, 5.74) is 8.39. The van der Waals surface area contributed by atoms with Crippen molar-refractivity contribution in [2.75, 3.05) is 5.43 Å². The highest BCUT2D eigenvalue weighted by Gasteiger charge is 2.03. The van der Waals surface area contributed by atoms with Gasteiger partial charge in [-0.3, -0.25) is 10.2 Å². The summed E-state index contributed by atoms with van der Waals surface area (Å²) in [4.78, 5) is 12.2. The van der Waals surface area contributed by atoms with Crippen LogP contribution in [-0.4, -0.2) is 18.3 Å². The van der Waals surface area contributed by atoms with Crippen molar-refractivity contribution in [3.05, 3.63) is 112 Å². The van der Waals surface area contributed by atoms with Crippen molar-refractivity contribution < 1.29 is 4.79 Å². The highest BCUT2D eigenvalue weighted by molar-refractivity contribution is 6.41. The molecule has 0 unspecified atom stereocenters. The first-order chi connectivity index (χ1) is 15.6. The van der Waals surface area contributed by atoms with E-state index < -0.39 is 0 Å². The third-order valence-corrected chi connectivity index (χ3v) is 4.50. The maximum absolute atomic E-state index is 12.2. The summed E-state index contributed by atoms with van der Waals surface area (Å²) in [5.74, 6) is -0.352. The van der Waals surface area contributed by atoms with Crippen LogP contribution in [0.15, 0.2) is 105 Å². The highest BCUT2D eigenvalue weighted by atomic mass is 35.5. The van der Waals surface area contributed by atoms with Crippen molar-refractivity contribution in [1.82, 2.24) is 5.43 Å². The molecule has 3 aromatic carbocycles. The van der Waals surface area contributed by atoms with Crippen molar-refractivity contribution in [3.8, 4) is 0 Å². The third kappa shape index (κ3) is 7.87. The van der Waals surface area contributed by atoms with Crippen LogP contribution in [0.2, 0.25) is 0 Å². The first-order valence-corrected chi connectivity index (χ1v) is 10.4. The SMILES string of the molecule is O=C(NN=CC(Cl)=Cc1ccccc1)c1ccc(N/N=C/C(Cl)=Cc2ccccc2)cc1. The Hall–Kier alpha value is -3.67. The standard InChI is InChI=1S/C25H20Cl2N4O/c26-22(15-19-7-3-1-4-8-19)17-28-30-24-13-11-21(12-14-24)25(32)31-29-18-23(27)16-20-9-5-2-6-10-20/h1-18,30H,(H,31,32)/b22-15?,23-16?,28-17+,29-18?. The molecule has 0 fully saturated rings. The van der Waals surface area contributed by atoms with E-state index in [4.69, 9.17) is 23.2 Å². The molecule has 0 radical (unpaired) electrons. The molecule has 0 aliphatic carbocycles. The van der Waals surface area contributed by atoms with E-state index in [1.807, 2.05) is 66.7 Å². The fraction of sp³-hybridized carbons (Fsp3) is 0. The number of benzene rings is 3. The molecule has 0 spiro atoms. The van der Waals surface area contributed by atoms with Crippen molar-refractivity contribution in [2.24, 2.45) is 10.2 Å². The molecule has 5 nitrogen and oxygen atoms in total. The second-order valence-electron chi connectivity index (χ2n) is 6.53. The fourth-order valence-corrected chi connectivity index (χ4v) is 2.92. The third-order valence-electron chi connectivity index (χ3n) is 4.09. The lowest BCUT2D eigenvalue weighted by atomic mass is 10.2. The Morgan fingerprint density at radius 2 is 1.19 bits per heavy atom. The second kappa shape index (κ2) is 12.2. The second-order valence-corrected chi connectivity index (χ2v) is 7.40. The van der Waals surface area contributed by atoms with Gasteiger partial charge in [0.15, 0.2) is 0 Å². The quantitative estimate of drug-likeness (QED) is 0.302. The van der Waals surface area contributed by atoms with Gasteiger partial charge in [0.1, 0.15) is 0 Å². The minimum atomic E-state index is -0.352. The van der Waals surface area contributed by atoms with Crippen LogP contribution in [0.25, 0.3) is 12.2 Å². The van der Waals surface area contributed by atoms with Crippen LogP contribution in [0.4, 0.5) is 5.69 Å². The Morgan fingerprint density at radius 3 is 1.72 bits per heavy atom. The number of hydrogen-bond acceptors (Lipinski definition) is 4. The Labute approximate surface area is 196 Å². The Bertz CT molecular complexity index is 1140. The van der Waals surface area contributed by atoms with Gasteiger partial charge in [-0.05, 0) is 47.5 Å². The maximum Gasteiger partial charge on any atom is 0.271 e. The number of nitrogens with zero attached hydrogens (tertiary/aromatic N) is 2. The zero-order chi connectivity index (χ0) is 22.6. The molecule has 0 aliphatic heterocycles. The summed E-state index contributed by atoms with van der Waals surface area (Å²) in [6.45, 7) is 0. The van der Waals surface area contributed by atoms with Crippen LogP contribution in [-0.2, 0) is 0 Å². The molecule has 2 N–H and O–H groups in total. The van der Waals surface area contributed by atoms with Crippen molar-refractivity contribution in [3.63, 3.8) is 0 Å². The molecule has 0 saturated heterocycles. The Balaban J connectivity index is 1.49. The van der Waals surface area contributed by atoms with E-state index in [0.29, 0.717) is 21.3 Å². The predicted molar refractivity (Wildman–Crippen MR) is 135 cm³/mol. The molecule has 0 bridgehead atoms. The summed E-state index contributed by atoms with van der Waals surface area (Å²) < 4.78 is 0. The number of hydrogen-bond donors (Lipinski definition) is 2. The molecule has 0 saturated carbocycles. The number of halogens is 2. The molecule has 160 valence electrons. The average molecular weight is 463 g/mol. The molecule has 3 aromatic rings. The van der Waals surface area contributed by atoms with Gasteiger partial charge in [0, 0.05) is 5.56 Å². The number of amides is 1. The number of nitrogens with one attached hydrogen (secondary N) is 2. The van der Waals surface area contributed by atoms with Crippen molar-refractivity contribution >= 4 is 59.4 Å². The zero-order valence-electron chi connectivity index (χ0n) is 17.0. The topological polar surface area (TPSA) is 65.8 Å². The van der Waals surface area contributed by atoms with Crippen LogP contribution in [0.5, 0.6) is 0 Å². The van der Waals surface area contributed by atoms with E-state index in [9.17, 15) is 4.79 Å². The first kappa shape index (κ1) is 23.0. The van der Waals surface area contributed by atoms with E-state index in [0.717, 1.165) is 11.1 Å². The summed E-state index contributed by atoms with van der Waals surface area (Å²) in [7, 11) is 0. The molecule has 7 heteroatoms. The first-order valence-electron chi connectivity index (χ1n) is 9.67. The normalized spacial score (nSPS) is 12.3. The Morgan fingerprint density at radius 1 is 0.688 bits per heavy atom. The number of hydrazone groups is 2. The van der Waals surface area contributed by atoms with Gasteiger partial charge in [0.2, 0.25) is 0 Å². The van der Waals surface area contributed by atoms with Gasteiger partial charge in [-0.1, -0.05) is 83.9 Å². The van der Waals surface area contributed by atoms with Gasteiger partial charge >= 0.3 is 0 Å². The number of rotatable bonds is 8. The van der Waals surface area contributed by atoms with E-state index >= 15 is 0 Å². The van der Waals surface area contributed by atoms with Crippen LogP contribution in [0.1, 0.15) is 21.5 Å². The number of anilines is 1. The lowest BCUT2D eigenvalue weighted by molar-refractivity contribution is 0.0955. The van der Waals surface area contributed by atoms with Crippen molar-refractivity contribution in [2.45, 2.75) is 0 Å². The average Bonchev–Trinajstić information content (AvgIpc) is 2.81. The summed E-state index contributed by atoms with van der Waals surface area (Å²) in [6, 6.07) is 26.1. The largest absolute Gasteiger partial charge is 0.278 e. The highest BCUT2D eigenvalue weighted by Crippen LogP contribution is 2.12. The maximum atomic E-state index is 12.2. The summed E-state index contributed by atoms with van der Waals surface area (Å²) in [5, 5.41) is 8.86. The summed E-state index contributed by atoms with van der Waals surface area (Å²) >= 11 is 12.3. The van der Waals surface area contributed by atoms with E-state index in [1.54, 1.807) is 30.3 Å². The van der Waals surface area contributed by atoms with E-state index in [-0.39, 0.29) is 5.91 Å². The summed E-state index contributed by atoms with van der Waals surface area (Å²) in [6.07, 6.45) is 6.45. The van der Waals surface area contributed by atoms with Gasteiger partial charge in [0.05, 0.1) is 28.2 Å². The minimum absolute atomic E-state index is 0.352. The lowest BCUT2D eigenvalue weighted by Gasteiger charge is -2.03. The molecule has 32 heavy (non-hydrogen) atoms. The monoisotopic (exact) mass is 462 g/mol. The molecule has 3 rings (SSSR count). The van der Waals surface area contributed by atoms with E-state index in [1.165, 1.54) is 12.4 Å². The van der Waals surface area contributed by atoms with Crippen molar-refractivity contribution in [1.29, 1.82) is 0 Å². The molecule has 0 heterocycles. The van der Waals surface area contributed by atoms with Crippen LogP contribution < -0.4 is 10.9 Å². The Kier molecular flexibility index (Phi) is 8.80. The van der Waals surface area contributed by atoms with Crippen LogP contribution in [0.3, 0.4) is 0 Å². The smallest absolute Gasteiger partial charge is 0.271 e. The zero-order valence-corrected chi connectivity index (χ0v) is 18.5. The molecule has 1 amide bonds. The number of carbonyl (C=O) groups is 1. The lowest BCUT2D eigenvalue weighted by Crippen LogP contribution is -2.17.